The van der Waals surface area contributed by atoms with Crippen molar-refractivity contribution in [1.29, 1.82) is 0 Å². The molecule has 30 heavy (non-hydrogen) atoms. The highest BCUT2D eigenvalue weighted by atomic mass is 19.4. The van der Waals surface area contributed by atoms with Gasteiger partial charge in [-0.2, -0.15) is 13.2 Å². The highest BCUT2D eigenvalue weighted by Gasteiger charge is 2.33. The molecule has 0 bridgehead atoms. The van der Waals surface area contributed by atoms with Crippen LogP contribution < -0.4 is 0 Å². The van der Waals surface area contributed by atoms with Crippen molar-refractivity contribution in [2.24, 2.45) is 0 Å². The molecule has 0 atom stereocenters. The summed E-state index contributed by atoms with van der Waals surface area (Å²) in [6.45, 7) is 0.848. The smallest absolute Gasteiger partial charge is 0.298 e. The van der Waals surface area contributed by atoms with E-state index in [1.165, 1.54) is 18.2 Å². The molecular formula is C22H16F5N3. The molecule has 1 aliphatic rings. The van der Waals surface area contributed by atoms with Gasteiger partial charge in [-0.05, 0) is 54.1 Å². The first kappa shape index (κ1) is 20.2. The number of nitrogens with zero attached hydrogens (tertiary/aromatic N) is 3. The summed E-state index contributed by atoms with van der Waals surface area (Å²) in [5.74, 6) is -0.934. The maximum absolute atomic E-state index is 15.5. The van der Waals surface area contributed by atoms with Crippen molar-refractivity contribution in [3.05, 3.63) is 88.6 Å². The van der Waals surface area contributed by atoms with Gasteiger partial charge in [-0.15, -0.1) is 10.2 Å². The Labute approximate surface area is 169 Å². The third-order valence-corrected chi connectivity index (χ3v) is 4.95. The molecule has 2 heterocycles. The van der Waals surface area contributed by atoms with E-state index in [2.05, 4.69) is 10.2 Å². The van der Waals surface area contributed by atoms with E-state index in [0.717, 1.165) is 23.3 Å². The molecule has 0 aliphatic carbocycles. The lowest BCUT2D eigenvalue weighted by Gasteiger charge is -2.17. The van der Waals surface area contributed by atoms with Crippen LogP contribution in [0.3, 0.4) is 0 Å². The van der Waals surface area contributed by atoms with E-state index in [9.17, 15) is 17.6 Å². The molecule has 1 aliphatic heterocycles. The molecule has 0 N–H and O–H groups in total. The van der Waals surface area contributed by atoms with Crippen molar-refractivity contribution in [2.75, 3.05) is 13.6 Å². The van der Waals surface area contributed by atoms with E-state index in [1.807, 2.05) is 18.0 Å². The Bertz CT molecular complexity index is 1100. The van der Waals surface area contributed by atoms with Crippen LogP contribution in [0, 0.1) is 11.6 Å². The largest absolute Gasteiger partial charge is 0.435 e. The van der Waals surface area contributed by atoms with Gasteiger partial charge in [0.1, 0.15) is 11.6 Å². The number of fused-ring (bicyclic) bond motifs is 1. The van der Waals surface area contributed by atoms with Gasteiger partial charge < -0.3 is 0 Å². The Morgan fingerprint density at radius 2 is 1.57 bits per heavy atom. The topological polar surface area (TPSA) is 29.0 Å². The minimum absolute atomic E-state index is 0.0162. The second-order valence-corrected chi connectivity index (χ2v) is 7.08. The van der Waals surface area contributed by atoms with Gasteiger partial charge in [0, 0.05) is 24.2 Å². The second-order valence-electron chi connectivity index (χ2n) is 7.08. The Kier molecular flexibility index (Phi) is 5.11. The van der Waals surface area contributed by atoms with Crippen LogP contribution in [0.2, 0.25) is 0 Å². The van der Waals surface area contributed by atoms with E-state index >= 15 is 4.39 Å². The summed E-state index contributed by atoms with van der Waals surface area (Å²) in [4.78, 5) is 1.90. The molecule has 0 spiro atoms. The fourth-order valence-corrected chi connectivity index (χ4v) is 3.45. The van der Waals surface area contributed by atoms with Crippen LogP contribution in [0.1, 0.15) is 22.4 Å². The standard InChI is InChI=1S/C22H16F5N3/c1-30-11-10-15(13-2-4-14(23)5-3-13)16-6-7-17(21(24)18(16)12-30)19-8-9-20(29-28-19)22(25,26)27/h2-10H,11-12H2,1H3. The lowest BCUT2D eigenvalue weighted by atomic mass is 9.91. The minimum Gasteiger partial charge on any atom is -0.298 e. The number of benzene rings is 2. The van der Waals surface area contributed by atoms with Gasteiger partial charge in [-0.25, -0.2) is 8.78 Å². The van der Waals surface area contributed by atoms with Gasteiger partial charge in [0.05, 0.1) is 5.69 Å². The molecule has 0 saturated carbocycles. The predicted molar refractivity (Wildman–Crippen MR) is 102 cm³/mol. The summed E-state index contributed by atoms with van der Waals surface area (Å²) in [6.07, 6.45) is -2.68. The summed E-state index contributed by atoms with van der Waals surface area (Å²) >= 11 is 0. The minimum atomic E-state index is -4.62. The molecule has 4 rings (SSSR count). The number of hydrogen-bond donors (Lipinski definition) is 0. The lowest BCUT2D eigenvalue weighted by Crippen LogP contribution is -2.17. The Morgan fingerprint density at radius 3 is 2.20 bits per heavy atom. The summed E-state index contributed by atoms with van der Waals surface area (Å²) in [7, 11) is 1.83. The normalized spacial score (nSPS) is 14.8. The van der Waals surface area contributed by atoms with E-state index in [1.54, 1.807) is 18.2 Å². The highest BCUT2D eigenvalue weighted by molar-refractivity contribution is 5.83. The van der Waals surface area contributed by atoms with E-state index in [-0.39, 0.29) is 17.1 Å². The van der Waals surface area contributed by atoms with Crippen LogP contribution in [-0.4, -0.2) is 28.7 Å². The van der Waals surface area contributed by atoms with Crippen molar-refractivity contribution in [2.45, 2.75) is 12.7 Å². The van der Waals surface area contributed by atoms with Crippen LogP contribution in [0.15, 0.2) is 54.6 Å². The quantitative estimate of drug-likeness (QED) is 0.529. The molecule has 3 nitrogen and oxygen atoms in total. The number of hydrogen-bond acceptors (Lipinski definition) is 3. The monoisotopic (exact) mass is 417 g/mol. The van der Waals surface area contributed by atoms with Gasteiger partial charge in [0.25, 0.3) is 0 Å². The lowest BCUT2D eigenvalue weighted by molar-refractivity contribution is -0.141. The Hall–Kier alpha value is -3.13. The fourth-order valence-electron chi connectivity index (χ4n) is 3.45. The van der Waals surface area contributed by atoms with Crippen LogP contribution in [-0.2, 0) is 12.7 Å². The molecule has 8 heteroatoms. The molecule has 2 aromatic carbocycles. The average Bonchev–Trinajstić information content (AvgIpc) is 2.88. The van der Waals surface area contributed by atoms with Crippen molar-refractivity contribution in [3.8, 4) is 11.3 Å². The first-order valence-electron chi connectivity index (χ1n) is 9.12. The van der Waals surface area contributed by atoms with Crippen LogP contribution in [0.25, 0.3) is 16.8 Å². The number of rotatable bonds is 2. The number of halogens is 5. The van der Waals surface area contributed by atoms with Gasteiger partial charge >= 0.3 is 6.18 Å². The van der Waals surface area contributed by atoms with E-state index in [0.29, 0.717) is 24.2 Å². The van der Waals surface area contributed by atoms with Crippen LogP contribution in [0.4, 0.5) is 22.0 Å². The summed E-state index contributed by atoms with van der Waals surface area (Å²) in [6, 6.07) is 11.0. The molecule has 0 amide bonds. The average molecular weight is 417 g/mol. The second kappa shape index (κ2) is 7.60. The molecular weight excluding hydrogens is 401 g/mol. The number of aromatic nitrogens is 2. The number of likely N-dealkylation sites (N-methyl/N-ethyl adjacent to an activating group) is 1. The molecule has 0 saturated heterocycles. The van der Waals surface area contributed by atoms with Crippen molar-refractivity contribution in [1.82, 2.24) is 15.1 Å². The summed E-state index contributed by atoms with van der Waals surface area (Å²) in [5.41, 5.74) is 1.50. The van der Waals surface area contributed by atoms with E-state index < -0.39 is 17.7 Å². The zero-order valence-electron chi connectivity index (χ0n) is 15.8. The SMILES string of the molecule is CN1CC=C(c2ccc(F)cc2)c2ccc(-c3ccc(C(F)(F)F)nn3)c(F)c2C1. The molecule has 0 fully saturated rings. The van der Waals surface area contributed by atoms with Crippen molar-refractivity contribution in [3.63, 3.8) is 0 Å². The molecule has 0 radical (unpaired) electrons. The van der Waals surface area contributed by atoms with Gasteiger partial charge in [0.15, 0.2) is 5.69 Å². The molecule has 3 aromatic rings. The zero-order valence-corrected chi connectivity index (χ0v) is 15.8. The first-order chi connectivity index (χ1) is 14.2. The van der Waals surface area contributed by atoms with Gasteiger partial charge in [-0.3, -0.25) is 4.90 Å². The molecule has 154 valence electrons. The van der Waals surface area contributed by atoms with Crippen LogP contribution >= 0.6 is 0 Å². The predicted octanol–water partition coefficient (Wildman–Crippen LogP) is 5.32. The Morgan fingerprint density at radius 1 is 0.867 bits per heavy atom. The van der Waals surface area contributed by atoms with Crippen molar-refractivity contribution < 1.29 is 22.0 Å². The third kappa shape index (κ3) is 3.82. The number of alkyl halides is 3. The highest BCUT2D eigenvalue weighted by Crippen LogP contribution is 2.35. The summed E-state index contributed by atoms with van der Waals surface area (Å²) in [5, 5.41) is 6.76. The van der Waals surface area contributed by atoms with Gasteiger partial charge in [-0.1, -0.05) is 24.3 Å². The van der Waals surface area contributed by atoms with Crippen molar-refractivity contribution >= 4 is 5.57 Å². The zero-order chi connectivity index (χ0) is 21.5. The Balaban J connectivity index is 1.80. The summed E-state index contributed by atoms with van der Waals surface area (Å²) < 4.78 is 67.0. The molecule has 1 aromatic heterocycles. The fraction of sp³-hybridized carbons (Fsp3) is 0.182. The molecule has 0 unspecified atom stereocenters. The van der Waals surface area contributed by atoms with E-state index in [4.69, 9.17) is 0 Å². The maximum atomic E-state index is 15.5. The van der Waals surface area contributed by atoms with Gasteiger partial charge in [0.2, 0.25) is 0 Å². The maximum Gasteiger partial charge on any atom is 0.435 e. The first-order valence-corrected chi connectivity index (χ1v) is 9.12. The van der Waals surface area contributed by atoms with Crippen LogP contribution in [0.5, 0.6) is 0 Å². The third-order valence-electron chi connectivity index (χ3n) is 4.95.